The van der Waals surface area contributed by atoms with Crippen molar-refractivity contribution in [3.8, 4) is 0 Å². The highest BCUT2D eigenvalue weighted by molar-refractivity contribution is 6.05. The fourth-order valence-corrected chi connectivity index (χ4v) is 4.40. The average molecular weight is 325 g/mol. The molecule has 0 saturated carbocycles. The number of para-hydroxylation sites is 1. The van der Waals surface area contributed by atoms with Gasteiger partial charge in [-0.2, -0.15) is 0 Å². The van der Waals surface area contributed by atoms with Gasteiger partial charge >= 0.3 is 0 Å². The number of benzene rings is 1. The smallest absolute Gasteiger partial charge is 0.228 e. The van der Waals surface area contributed by atoms with Crippen molar-refractivity contribution in [3.63, 3.8) is 0 Å². The molecule has 2 heterocycles. The number of rotatable bonds is 4. The molecule has 0 radical (unpaired) electrons. The van der Waals surface area contributed by atoms with Gasteiger partial charge in [0.2, 0.25) is 5.91 Å². The molecule has 4 rings (SSSR count). The molecular formula is C20H27N3O. The molecule has 2 aromatic rings. The molecule has 0 unspecified atom stereocenters. The SMILES string of the molecule is CN(C)CCCN1C(=O)CCn2c3c(c4cccc1c42)CCCC3. The van der Waals surface area contributed by atoms with Crippen LogP contribution in [-0.2, 0) is 24.2 Å². The molecule has 2 aliphatic rings. The van der Waals surface area contributed by atoms with Crippen molar-refractivity contribution < 1.29 is 4.79 Å². The van der Waals surface area contributed by atoms with Crippen LogP contribution in [0.1, 0.15) is 36.9 Å². The number of anilines is 1. The summed E-state index contributed by atoms with van der Waals surface area (Å²) in [5.74, 6) is 0.273. The highest BCUT2D eigenvalue weighted by Crippen LogP contribution is 2.39. The lowest BCUT2D eigenvalue weighted by Crippen LogP contribution is -2.32. The van der Waals surface area contributed by atoms with Gasteiger partial charge in [-0.1, -0.05) is 12.1 Å². The maximum atomic E-state index is 12.8. The van der Waals surface area contributed by atoms with Crippen LogP contribution >= 0.6 is 0 Å². The molecule has 0 fully saturated rings. The van der Waals surface area contributed by atoms with Crippen LogP contribution in [0.15, 0.2) is 18.2 Å². The first-order valence-electron chi connectivity index (χ1n) is 9.25. The maximum absolute atomic E-state index is 12.8. The van der Waals surface area contributed by atoms with Crippen LogP contribution < -0.4 is 4.90 Å². The molecule has 0 saturated heterocycles. The normalized spacial score (nSPS) is 17.5. The first kappa shape index (κ1) is 15.7. The van der Waals surface area contributed by atoms with Crippen molar-refractivity contribution >= 4 is 22.5 Å². The predicted octanol–water partition coefficient (Wildman–Crippen LogP) is 3.21. The standard InChI is InChI=1S/C20H27N3O/c1-21(2)12-6-13-22-18-10-5-8-16-15-7-3-4-9-17(15)23(20(16)18)14-11-19(22)24/h5,8,10H,3-4,6-7,9,11-14H2,1-2H3. The topological polar surface area (TPSA) is 28.5 Å². The van der Waals surface area contributed by atoms with E-state index >= 15 is 0 Å². The van der Waals surface area contributed by atoms with E-state index in [2.05, 4.69) is 41.8 Å². The Hall–Kier alpha value is -1.81. The first-order chi connectivity index (χ1) is 11.7. The molecule has 4 nitrogen and oxygen atoms in total. The van der Waals surface area contributed by atoms with E-state index in [0.717, 1.165) is 38.2 Å². The lowest BCUT2D eigenvalue weighted by Gasteiger charge is -2.23. The summed E-state index contributed by atoms with van der Waals surface area (Å²) in [7, 11) is 4.17. The Kier molecular flexibility index (Phi) is 4.09. The van der Waals surface area contributed by atoms with E-state index in [0.29, 0.717) is 6.42 Å². The number of hydrogen-bond acceptors (Lipinski definition) is 2. The number of amides is 1. The number of carbonyl (C=O) groups excluding carboxylic acids is 1. The number of fused-ring (bicyclic) bond motifs is 3. The van der Waals surface area contributed by atoms with Gasteiger partial charge in [-0.15, -0.1) is 0 Å². The molecule has 1 amide bonds. The van der Waals surface area contributed by atoms with Crippen LogP contribution in [-0.4, -0.2) is 42.6 Å². The third-order valence-corrected chi connectivity index (χ3v) is 5.50. The second-order valence-electron chi connectivity index (χ2n) is 7.41. The second kappa shape index (κ2) is 6.25. The summed E-state index contributed by atoms with van der Waals surface area (Å²) in [5.41, 5.74) is 5.47. The Bertz CT molecular complexity index is 775. The van der Waals surface area contributed by atoms with E-state index in [4.69, 9.17) is 0 Å². The van der Waals surface area contributed by atoms with Gasteiger partial charge in [0.15, 0.2) is 0 Å². The molecule has 1 aromatic heterocycles. The van der Waals surface area contributed by atoms with Crippen LogP contribution in [0.4, 0.5) is 5.69 Å². The third kappa shape index (κ3) is 2.53. The van der Waals surface area contributed by atoms with E-state index in [1.165, 1.54) is 35.9 Å². The van der Waals surface area contributed by atoms with Crippen molar-refractivity contribution in [2.45, 2.75) is 45.1 Å². The van der Waals surface area contributed by atoms with Gasteiger partial charge in [0, 0.05) is 30.6 Å². The van der Waals surface area contributed by atoms with Crippen LogP contribution in [0.5, 0.6) is 0 Å². The Morgan fingerprint density at radius 3 is 2.79 bits per heavy atom. The van der Waals surface area contributed by atoms with E-state index < -0.39 is 0 Å². The minimum absolute atomic E-state index is 0.273. The van der Waals surface area contributed by atoms with Crippen molar-refractivity contribution in [2.75, 3.05) is 32.1 Å². The lowest BCUT2D eigenvalue weighted by molar-refractivity contribution is -0.118. The minimum Gasteiger partial charge on any atom is -0.342 e. The molecule has 0 N–H and O–H groups in total. The van der Waals surface area contributed by atoms with Crippen molar-refractivity contribution in [2.24, 2.45) is 0 Å². The molecule has 24 heavy (non-hydrogen) atoms. The Morgan fingerprint density at radius 2 is 1.96 bits per heavy atom. The summed E-state index contributed by atoms with van der Waals surface area (Å²) in [6.45, 7) is 2.66. The molecule has 4 heteroatoms. The quantitative estimate of drug-likeness (QED) is 0.863. The van der Waals surface area contributed by atoms with Gasteiger partial charge in [0.05, 0.1) is 11.2 Å². The highest BCUT2D eigenvalue weighted by Gasteiger charge is 2.28. The summed E-state index contributed by atoms with van der Waals surface area (Å²) in [6.07, 6.45) is 6.55. The number of aromatic nitrogens is 1. The van der Waals surface area contributed by atoms with Gasteiger partial charge in [-0.25, -0.2) is 0 Å². The molecule has 1 aliphatic carbocycles. The Labute approximate surface area is 144 Å². The molecule has 1 aromatic carbocycles. The van der Waals surface area contributed by atoms with Crippen molar-refractivity contribution in [3.05, 3.63) is 29.5 Å². The fraction of sp³-hybridized carbons (Fsp3) is 0.550. The largest absolute Gasteiger partial charge is 0.342 e. The lowest BCUT2D eigenvalue weighted by atomic mass is 9.95. The first-order valence-corrected chi connectivity index (χ1v) is 9.25. The zero-order valence-electron chi connectivity index (χ0n) is 14.8. The summed E-state index contributed by atoms with van der Waals surface area (Å²) in [6, 6.07) is 6.53. The second-order valence-corrected chi connectivity index (χ2v) is 7.41. The fourth-order valence-electron chi connectivity index (χ4n) is 4.40. The summed E-state index contributed by atoms with van der Waals surface area (Å²) < 4.78 is 2.46. The van der Waals surface area contributed by atoms with Crippen LogP contribution in [0.2, 0.25) is 0 Å². The maximum Gasteiger partial charge on any atom is 0.228 e. The van der Waals surface area contributed by atoms with Crippen LogP contribution in [0.25, 0.3) is 10.9 Å². The molecule has 1 aliphatic heterocycles. The Balaban J connectivity index is 1.80. The number of carbonyl (C=O) groups is 1. The number of aryl methyl sites for hydroxylation is 2. The molecule has 128 valence electrons. The van der Waals surface area contributed by atoms with Gasteiger partial charge in [-0.3, -0.25) is 4.79 Å². The molecule has 0 bridgehead atoms. The third-order valence-electron chi connectivity index (χ3n) is 5.50. The van der Waals surface area contributed by atoms with Crippen molar-refractivity contribution in [1.82, 2.24) is 9.47 Å². The van der Waals surface area contributed by atoms with E-state index in [1.807, 2.05) is 4.90 Å². The van der Waals surface area contributed by atoms with Gasteiger partial charge < -0.3 is 14.4 Å². The average Bonchev–Trinajstić information content (AvgIpc) is 2.83. The van der Waals surface area contributed by atoms with E-state index in [9.17, 15) is 4.79 Å². The van der Waals surface area contributed by atoms with Gasteiger partial charge in [-0.05, 0) is 64.4 Å². The van der Waals surface area contributed by atoms with E-state index in [1.54, 1.807) is 5.56 Å². The summed E-state index contributed by atoms with van der Waals surface area (Å²) >= 11 is 0. The Morgan fingerprint density at radius 1 is 1.12 bits per heavy atom. The minimum atomic E-state index is 0.273. The van der Waals surface area contributed by atoms with Crippen LogP contribution in [0.3, 0.4) is 0 Å². The summed E-state index contributed by atoms with van der Waals surface area (Å²) in [4.78, 5) is 17.0. The molecule has 0 spiro atoms. The molecule has 0 atom stereocenters. The number of hydrogen-bond donors (Lipinski definition) is 0. The zero-order valence-corrected chi connectivity index (χ0v) is 14.8. The molecular weight excluding hydrogens is 298 g/mol. The predicted molar refractivity (Wildman–Crippen MR) is 98.7 cm³/mol. The zero-order chi connectivity index (χ0) is 16.7. The van der Waals surface area contributed by atoms with Crippen LogP contribution in [0, 0.1) is 0 Å². The number of nitrogens with zero attached hydrogens (tertiary/aromatic N) is 3. The van der Waals surface area contributed by atoms with E-state index in [-0.39, 0.29) is 5.91 Å². The monoisotopic (exact) mass is 325 g/mol. The van der Waals surface area contributed by atoms with Gasteiger partial charge in [0.1, 0.15) is 0 Å². The summed E-state index contributed by atoms with van der Waals surface area (Å²) in [5, 5.41) is 1.38. The van der Waals surface area contributed by atoms with Crippen molar-refractivity contribution in [1.29, 1.82) is 0 Å². The van der Waals surface area contributed by atoms with Gasteiger partial charge in [0.25, 0.3) is 0 Å². The highest BCUT2D eigenvalue weighted by atomic mass is 16.2.